The number of sulfonamides is 1. The number of rotatable bonds is 7. The van der Waals surface area contributed by atoms with Crippen molar-refractivity contribution >= 4 is 50.7 Å². The van der Waals surface area contributed by atoms with Gasteiger partial charge in [0.25, 0.3) is 21.7 Å². The van der Waals surface area contributed by atoms with E-state index in [2.05, 4.69) is 10.0 Å². The number of alkyl halides is 2. The predicted octanol–water partition coefficient (Wildman–Crippen LogP) is 5.71. The average molecular weight is 469 g/mol. The summed E-state index contributed by atoms with van der Waals surface area (Å²) >= 11 is 6.25. The van der Waals surface area contributed by atoms with Crippen LogP contribution in [0, 0.1) is 0 Å². The molecule has 0 atom stereocenters. The lowest BCUT2D eigenvalue weighted by molar-refractivity contribution is 0.102. The van der Waals surface area contributed by atoms with Crippen LogP contribution in [-0.4, -0.2) is 20.1 Å². The SMILES string of the molecule is O=C(Nc1cccc(S(=O)(=O)Nc2ccc(SC(F)F)cc2)c1)c1cccc(Cl)c1. The summed E-state index contributed by atoms with van der Waals surface area (Å²) in [5.74, 6) is -3.00. The van der Waals surface area contributed by atoms with Gasteiger partial charge in [-0.25, -0.2) is 8.42 Å². The molecule has 0 heterocycles. The van der Waals surface area contributed by atoms with Crippen LogP contribution in [0.15, 0.2) is 82.6 Å². The highest BCUT2D eigenvalue weighted by Gasteiger charge is 2.16. The van der Waals surface area contributed by atoms with E-state index in [1.165, 1.54) is 48.5 Å². The third-order valence-corrected chi connectivity index (χ3v) is 6.16. The Bertz CT molecular complexity index is 1160. The zero-order valence-electron chi connectivity index (χ0n) is 15.2. The molecular formula is C20H15ClF2N2O3S2. The van der Waals surface area contributed by atoms with E-state index in [9.17, 15) is 22.0 Å². The Morgan fingerprint density at radius 1 is 0.933 bits per heavy atom. The Balaban J connectivity index is 1.74. The van der Waals surface area contributed by atoms with Crippen molar-refractivity contribution in [2.45, 2.75) is 15.5 Å². The monoisotopic (exact) mass is 468 g/mol. The number of anilines is 2. The maximum atomic E-state index is 12.7. The lowest BCUT2D eigenvalue weighted by atomic mass is 10.2. The third-order valence-electron chi connectivity index (χ3n) is 3.82. The number of hydrogen-bond donors (Lipinski definition) is 2. The molecule has 0 aliphatic rings. The summed E-state index contributed by atoms with van der Waals surface area (Å²) in [6.45, 7) is 0. The van der Waals surface area contributed by atoms with Crippen molar-refractivity contribution < 1.29 is 22.0 Å². The molecule has 0 saturated heterocycles. The Labute approximate surface area is 181 Å². The van der Waals surface area contributed by atoms with Crippen LogP contribution in [0.2, 0.25) is 5.02 Å². The minimum atomic E-state index is -3.96. The molecule has 0 fully saturated rings. The van der Waals surface area contributed by atoms with Gasteiger partial charge in [0.15, 0.2) is 0 Å². The number of halogens is 3. The highest BCUT2D eigenvalue weighted by atomic mass is 35.5. The smallest absolute Gasteiger partial charge is 0.288 e. The van der Waals surface area contributed by atoms with Crippen LogP contribution < -0.4 is 10.0 Å². The Hall–Kier alpha value is -2.62. The van der Waals surface area contributed by atoms with Crippen LogP contribution in [0.3, 0.4) is 0 Å². The topological polar surface area (TPSA) is 75.3 Å². The van der Waals surface area contributed by atoms with Gasteiger partial charge in [-0.2, -0.15) is 8.78 Å². The van der Waals surface area contributed by atoms with E-state index in [0.717, 1.165) is 0 Å². The summed E-state index contributed by atoms with van der Waals surface area (Å²) < 4.78 is 52.5. The normalized spacial score (nSPS) is 11.3. The van der Waals surface area contributed by atoms with E-state index < -0.39 is 21.7 Å². The second-order valence-corrected chi connectivity index (χ2v) is 9.18. The second kappa shape index (κ2) is 9.46. The second-order valence-electron chi connectivity index (χ2n) is 6.00. The molecular weight excluding hydrogens is 454 g/mol. The van der Waals surface area contributed by atoms with E-state index in [1.807, 2.05) is 0 Å². The molecule has 0 saturated carbocycles. The van der Waals surface area contributed by atoms with Gasteiger partial charge in [0, 0.05) is 26.9 Å². The predicted molar refractivity (Wildman–Crippen MR) is 115 cm³/mol. The number of carbonyl (C=O) groups is 1. The standard InChI is InChI=1S/C20H15ClF2N2O3S2/c21-14-4-1-3-13(11-14)19(26)24-16-5-2-6-18(12-16)30(27,28)25-15-7-9-17(10-8-15)29-20(22)23/h1-12,20,25H,(H,24,26). The Morgan fingerprint density at radius 2 is 1.63 bits per heavy atom. The average Bonchev–Trinajstić information content (AvgIpc) is 2.69. The molecule has 0 aromatic heterocycles. The molecule has 156 valence electrons. The minimum absolute atomic E-state index is 0.0718. The summed E-state index contributed by atoms with van der Waals surface area (Å²) in [4.78, 5) is 12.6. The number of amides is 1. The van der Waals surface area contributed by atoms with E-state index in [-0.39, 0.29) is 16.3 Å². The van der Waals surface area contributed by atoms with E-state index in [1.54, 1.807) is 24.3 Å². The van der Waals surface area contributed by atoms with Crippen LogP contribution in [0.25, 0.3) is 0 Å². The molecule has 3 aromatic carbocycles. The lowest BCUT2D eigenvalue weighted by Gasteiger charge is -2.11. The lowest BCUT2D eigenvalue weighted by Crippen LogP contribution is -2.15. The first-order valence-electron chi connectivity index (χ1n) is 8.48. The zero-order chi connectivity index (χ0) is 21.7. The summed E-state index contributed by atoms with van der Waals surface area (Å²) in [7, 11) is -3.96. The van der Waals surface area contributed by atoms with Crippen molar-refractivity contribution in [3.8, 4) is 0 Å². The van der Waals surface area contributed by atoms with Crippen LogP contribution in [0.5, 0.6) is 0 Å². The molecule has 3 aromatic rings. The first kappa shape index (κ1) is 22.1. The van der Waals surface area contributed by atoms with Crippen LogP contribution in [0.1, 0.15) is 10.4 Å². The zero-order valence-corrected chi connectivity index (χ0v) is 17.6. The first-order valence-corrected chi connectivity index (χ1v) is 11.2. The molecule has 0 spiro atoms. The van der Waals surface area contributed by atoms with Gasteiger partial charge in [0.05, 0.1) is 4.90 Å². The van der Waals surface area contributed by atoms with Crippen molar-refractivity contribution in [1.82, 2.24) is 0 Å². The molecule has 0 radical (unpaired) electrons. The van der Waals surface area contributed by atoms with Gasteiger partial charge in [0.1, 0.15) is 0 Å². The molecule has 0 aliphatic heterocycles. The molecule has 0 unspecified atom stereocenters. The summed E-state index contributed by atoms with van der Waals surface area (Å²) in [5.41, 5.74) is 0.837. The summed E-state index contributed by atoms with van der Waals surface area (Å²) in [5, 5.41) is 3.03. The molecule has 3 rings (SSSR count). The van der Waals surface area contributed by atoms with Crippen LogP contribution in [0.4, 0.5) is 20.2 Å². The van der Waals surface area contributed by atoms with Crippen molar-refractivity contribution in [2.24, 2.45) is 0 Å². The van der Waals surface area contributed by atoms with Gasteiger partial charge in [-0.05, 0) is 60.7 Å². The number of thioether (sulfide) groups is 1. The van der Waals surface area contributed by atoms with Crippen LogP contribution >= 0.6 is 23.4 Å². The maximum Gasteiger partial charge on any atom is 0.288 e. The fraction of sp³-hybridized carbons (Fsp3) is 0.0500. The van der Waals surface area contributed by atoms with Crippen LogP contribution in [-0.2, 0) is 10.0 Å². The Kier molecular flexibility index (Phi) is 6.96. The fourth-order valence-electron chi connectivity index (χ4n) is 2.49. The van der Waals surface area contributed by atoms with Gasteiger partial charge < -0.3 is 5.32 Å². The van der Waals surface area contributed by atoms with Gasteiger partial charge in [-0.15, -0.1) is 0 Å². The molecule has 2 N–H and O–H groups in total. The minimum Gasteiger partial charge on any atom is -0.322 e. The van der Waals surface area contributed by atoms with E-state index in [4.69, 9.17) is 11.6 Å². The largest absolute Gasteiger partial charge is 0.322 e. The van der Waals surface area contributed by atoms with E-state index in [0.29, 0.717) is 27.2 Å². The van der Waals surface area contributed by atoms with Gasteiger partial charge in [0.2, 0.25) is 0 Å². The first-order chi connectivity index (χ1) is 14.2. The number of carbonyl (C=O) groups excluding carboxylic acids is 1. The molecule has 5 nitrogen and oxygen atoms in total. The third kappa shape index (κ3) is 5.94. The highest BCUT2D eigenvalue weighted by molar-refractivity contribution is 7.99. The number of benzene rings is 3. The molecule has 0 bridgehead atoms. The van der Waals surface area contributed by atoms with Crippen molar-refractivity contribution in [1.29, 1.82) is 0 Å². The molecule has 10 heteroatoms. The van der Waals surface area contributed by atoms with Gasteiger partial charge in [-0.3, -0.25) is 9.52 Å². The van der Waals surface area contributed by atoms with Crippen molar-refractivity contribution in [3.63, 3.8) is 0 Å². The fourth-order valence-corrected chi connectivity index (χ4v) is 4.29. The number of hydrogen-bond acceptors (Lipinski definition) is 4. The van der Waals surface area contributed by atoms with E-state index >= 15 is 0 Å². The maximum absolute atomic E-state index is 12.7. The molecule has 30 heavy (non-hydrogen) atoms. The molecule has 0 aliphatic carbocycles. The van der Waals surface area contributed by atoms with Crippen molar-refractivity contribution in [3.05, 3.63) is 83.4 Å². The highest BCUT2D eigenvalue weighted by Crippen LogP contribution is 2.27. The van der Waals surface area contributed by atoms with Gasteiger partial charge >= 0.3 is 0 Å². The summed E-state index contributed by atoms with van der Waals surface area (Å²) in [6, 6.07) is 17.7. The van der Waals surface area contributed by atoms with Gasteiger partial charge in [-0.1, -0.05) is 35.5 Å². The Morgan fingerprint density at radius 3 is 2.30 bits per heavy atom. The summed E-state index contributed by atoms with van der Waals surface area (Å²) in [6.07, 6.45) is 0. The number of nitrogens with one attached hydrogen (secondary N) is 2. The quantitative estimate of drug-likeness (QED) is 0.435. The van der Waals surface area contributed by atoms with Crippen molar-refractivity contribution in [2.75, 3.05) is 10.0 Å². The molecule has 1 amide bonds.